The zero-order valence-electron chi connectivity index (χ0n) is 13.0. The monoisotopic (exact) mass is 345 g/mol. The van der Waals surface area contributed by atoms with E-state index < -0.39 is 10.0 Å². The maximum absolute atomic E-state index is 12.9. The molecule has 0 unspecified atom stereocenters. The van der Waals surface area contributed by atoms with Crippen molar-refractivity contribution < 1.29 is 12.8 Å². The lowest BCUT2D eigenvalue weighted by molar-refractivity contribution is 0.521. The molecule has 9 heteroatoms. The Labute approximate surface area is 138 Å². The van der Waals surface area contributed by atoms with Crippen molar-refractivity contribution in [2.24, 2.45) is 0 Å². The molecule has 0 N–H and O–H groups in total. The number of aryl methyl sites for hydroxylation is 2. The average Bonchev–Trinajstić information content (AvgIpc) is 3.23. The molecule has 124 valence electrons. The summed E-state index contributed by atoms with van der Waals surface area (Å²) < 4.78 is 33.9. The van der Waals surface area contributed by atoms with Gasteiger partial charge in [0.05, 0.1) is 4.90 Å². The molecular formula is C15H15N5O3S. The first-order chi connectivity index (χ1) is 11.6. The summed E-state index contributed by atoms with van der Waals surface area (Å²) in [6.45, 7) is 2.83. The van der Waals surface area contributed by atoms with Gasteiger partial charge in [-0.1, -0.05) is 12.1 Å². The van der Waals surface area contributed by atoms with Gasteiger partial charge in [-0.3, -0.25) is 0 Å². The highest BCUT2D eigenvalue weighted by atomic mass is 32.2. The first kappa shape index (κ1) is 14.9. The minimum Gasteiger partial charge on any atom is -0.449 e. The molecule has 8 nitrogen and oxygen atoms in total. The Kier molecular flexibility index (Phi) is 3.38. The summed E-state index contributed by atoms with van der Waals surface area (Å²) in [7, 11) is -3.67. The third-order valence-electron chi connectivity index (χ3n) is 3.91. The van der Waals surface area contributed by atoms with Crippen molar-refractivity contribution in [3.8, 4) is 11.3 Å². The number of nitrogens with zero attached hydrogens (tertiary/aromatic N) is 5. The molecule has 0 saturated heterocycles. The van der Waals surface area contributed by atoms with Crippen LogP contribution in [0.15, 0.2) is 46.2 Å². The number of hydrogen-bond acceptors (Lipinski definition) is 6. The van der Waals surface area contributed by atoms with Crippen molar-refractivity contribution in [2.75, 3.05) is 10.8 Å². The van der Waals surface area contributed by atoms with Crippen LogP contribution < -0.4 is 4.31 Å². The second kappa shape index (κ2) is 5.45. The number of rotatable bonds is 3. The number of oxazole rings is 1. The van der Waals surface area contributed by atoms with Gasteiger partial charge in [0, 0.05) is 25.6 Å². The van der Waals surface area contributed by atoms with Crippen LogP contribution in [0.3, 0.4) is 0 Å². The van der Waals surface area contributed by atoms with E-state index in [1.54, 1.807) is 42.1 Å². The van der Waals surface area contributed by atoms with Crippen LogP contribution in [0.5, 0.6) is 0 Å². The fourth-order valence-electron chi connectivity index (χ4n) is 2.72. The molecule has 24 heavy (non-hydrogen) atoms. The van der Waals surface area contributed by atoms with Crippen LogP contribution in [-0.4, -0.2) is 34.7 Å². The largest absolute Gasteiger partial charge is 0.449 e. The third-order valence-corrected chi connectivity index (χ3v) is 5.70. The molecule has 4 rings (SSSR count). The van der Waals surface area contributed by atoms with Gasteiger partial charge in [0.15, 0.2) is 5.89 Å². The van der Waals surface area contributed by atoms with Gasteiger partial charge in [0.1, 0.15) is 18.3 Å². The van der Waals surface area contributed by atoms with Crippen LogP contribution in [0.25, 0.3) is 11.3 Å². The molecule has 0 saturated carbocycles. The molecular weight excluding hydrogens is 330 g/mol. The van der Waals surface area contributed by atoms with E-state index in [2.05, 4.69) is 15.1 Å². The highest BCUT2D eigenvalue weighted by molar-refractivity contribution is 7.92. The standard InChI is InChI=1S/C15H15N5O3S/c1-11-18-14(9-23-11)12-3-5-13(6-4-12)24(21,22)20-8-2-7-19-15(20)16-10-17-19/h3-6,9-10H,2,7-8H2,1H3. The van der Waals surface area contributed by atoms with E-state index in [1.165, 1.54) is 10.6 Å². The van der Waals surface area contributed by atoms with Crippen molar-refractivity contribution in [3.63, 3.8) is 0 Å². The number of aromatic nitrogens is 4. The summed E-state index contributed by atoms with van der Waals surface area (Å²) >= 11 is 0. The number of benzene rings is 1. The molecule has 3 aromatic rings. The van der Waals surface area contributed by atoms with Crippen LogP contribution >= 0.6 is 0 Å². The van der Waals surface area contributed by atoms with Gasteiger partial charge in [-0.25, -0.2) is 22.4 Å². The lowest BCUT2D eigenvalue weighted by atomic mass is 10.2. The summed E-state index contributed by atoms with van der Waals surface area (Å²) in [5.41, 5.74) is 1.47. The smallest absolute Gasteiger partial charge is 0.266 e. The van der Waals surface area contributed by atoms with E-state index in [9.17, 15) is 8.42 Å². The van der Waals surface area contributed by atoms with Crippen molar-refractivity contribution >= 4 is 16.0 Å². The van der Waals surface area contributed by atoms with E-state index in [4.69, 9.17) is 4.42 Å². The molecule has 0 spiro atoms. The average molecular weight is 345 g/mol. The summed E-state index contributed by atoms with van der Waals surface area (Å²) in [4.78, 5) is 8.52. The summed E-state index contributed by atoms with van der Waals surface area (Å²) in [5, 5.41) is 4.05. The topological polar surface area (TPSA) is 94.1 Å². The highest BCUT2D eigenvalue weighted by Gasteiger charge is 2.31. The Hall–Kier alpha value is -2.68. The summed E-state index contributed by atoms with van der Waals surface area (Å²) in [5.74, 6) is 0.923. The van der Waals surface area contributed by atoms with Gasteiger partial charge in [-0.2, -0.15) is 10.1 Å². The van der Waals surface area contributed by atoms with Gasteiger partial charge in [0.2, 0.25) is 5.95 Å². The van der Waals surface area contributed by atoms with Crippen molar-refractivity contribution in [2.45, 2.75) is 24.8 Å². The second-order valence-electron chi connectivity index (χ2n) is 5.49. The Morgan fingerprint density at radius 3 is 2.67 bits per heavy atom. The molecule has 0 fully saturated rings. The lowest BCUT2D eigenvalue weighted by Crippen LogP contribution is -2.38. The quantitative estimate of drug-likeness (QED) is 0.719. The van der Waals surface area contributed by atoms with Crippen LogP contribution in [-0.2, 0) is 16.6 Å². The zero-order valence-corrected chi connectivity index (χ0v) is 13.8. The Morgan fingerprint density at radius 2 is 1.96 bits per heavy atom. The second-order valence-corrected chi connectivity index (χ2v) is 7.35. The molecule has 0 atom stereocenters. The lowest BCUT2D eigenvalue weighted by Gasteiger charge is -2.27. The van der Waals surface area contributed by atoms with Gasteiger partial charge < -0.3 is 4.42 Å². The van der Waals surface area contributed by atoms with E-state index in [-0.39, 0.29) is 4.90 Å². The number of hydrogen-bond donors (Lipinski definition) is 0. The molecule has 2 aromatic heterocycles. The SMILES string of the molecule is Cc1nc(-c2ccc(S(=O)(=O)N3CCCn4ncnc43)cc2)co1. The van der Waals surface area contributed by atoms with E-state index in [0.29, 0.717) is 37.0 Å². The number of sulfonamides is 1. The van der Waals surface area contributed by atoms with E-state index >= 15 is 0 Å². The normalized spacial score (nSPS) is 14.6. The van der Waals surface area contributed by atoms with E-state index in [1.807, 2.05) is 0 Å². The molecule has 0 amide bonds. The van der Waals surface area contributed by atoms with Crippen molar-refractivity contribution in [3.05, 3.63) is 42.7 Å². The number of anilines is 1. The van der Waals surface area contributed by atoms with Crippen LogP contribution in [0.1, 0.15) is 12.3 Å². The fraction of sp³-hybridized carbons (Fsp3) is 0.267. The van der Waals surface area contributed by atoms with Crippen LogP contribution in [0.4, 0.5) is 5.95 Å². The minimum atomic E-state index is -3.67. The highest BCUT2D eigenvalue weighted by Crippen LogP contribution is 2.27. The molecule has 1 aliphatic heterocycles. The molecule has 3 heterocycles. The van der Waals surface area contributed by atoms with Gasteiger partial charge in [-0.15, -0.1) is 0 Å². The molecule has 1 aromatic carbocycles. The van der Waals surface area contributed by atoms with E-state index in [0.717, 1.165) is 5.56 Å². The van der Waals surface area contributed by atoms with Gasteiger partial charge in [0.25, 0.3) is 10.0 Å². The Balaban J connectivity index is 1.69. The minimum absolute atomic E-state index is 0.211. The molecule has 1 aliphatic rings. The number of fused-ring (bicyclic) bond motifs is 1. The van der Waals surface area contributed by atoms with Crippen molar-refractivity contribution in [1.82, 2.24) is 19.7 Å². The summed E-state index contributed by atoms with van der Waals surface area (Å²) in [6.07, 6.45) is 3.62. The van der Waals surface area contributed by atoms with Crippen LogP contribution in [0.2, 0.25) is 0 Å². The van der Waals surface area contributed by atoms with Crippen LogP contribution in [0, 0.1) is 6.92 Å². The molecule has 0 aliphatic carbocycles. The summed E-state index contributed by atoms with van der Waals surface area (Å²) in [6, 6.07) is 6.59. The Morgan fingerprint density at radius 1 is 1.17 bits per heavy atom. The zero-order chi connectivity index (χ0) is 16.7. The maximum atomic E-state index is 12.9. The molecule has 0 radical (unpaired) electrons. The van der Waals surface area contributed by atoms with Gasteiger partial charge in [-0.05, 0) is 18.6 Å². The predicted octanol–water partition coefficient (Wildman–Crippen LogP) is 1.84. The predicted molar refractivity (Wildman–Crippen MR) is 85.8 cm³/mol. The molecule has 0 bridgehead atoms. The fourth-order valence-corrected chi connectivity index (χ4v) is 4.18. The first-order valence-electron chi connectivity index (χ1n) is 7.49. The third kappa shape index (κ3) is 2.37. The Bertz CT molecular complexity index is 975. The maximum Gasteiger partial charge on any atom is 0.266 e. The van der Waals surface area contributed by atoms with Gasteiger partial charge >= 0.3 is 0 Å². The van der Waals surface area contributed by atoms with Crippen molar-refractivity contribution in [1.29, 1.82) is 0 Å². The first-order valence-corrected chi connectivity index (χ1v) is 8.93.